The maximum atomic E-state index is 11.7. The molecule has 0 atom stereocenters. The third-order valence-electron chi connectivity index (χ3n) is 2.04. The number of halogens is 1. The van der Waals surface area contributed by atoms with E-state index in [0.29, 0.717) is 5.02 Å². The average Bonchev–Trinajstić information content (AvgIpc) is 2.09. The van der Waals surface area contributed by atoms with E-state index in [-0.39, 0.29) is 23.6 Å². The highest BCUT2D eigenvalue weighted by molar-refractivity contribution is 6.31. The van der Waals surface area contributed by atoms with Crippen LogP contribution < -0.4 is 0 Å². The lowest BCUT2D eigenvalue weighted by Gasteiger charge is -2.10. The minimum atomic E-state index is -0.139. The number of aromatic hydroxyl groups is 1. The van der Waals surface area contributed by atoms with E-state index in [9.17, 15) is 9.90 Å². The largest absolute Gasteiger partial charge is 0.507 e. The Kier molecular flexibility index (Phi) is 3.72. The van der Waals surface area contributed by atoms with Gasteiger partial charge in [-0.1, -0.05) is 11.6 Å². The van der Waals surface area contributed by atoms with Crippen LogP contribution in [0.3, 0.4) is 0 Å². The predicted octanol–water partition coefficient (Wildman–Crippen LogP) is 2.10. The van der Waals surface area contributed by atoms with Crippen LogP contribution in [0.15, 0.2) is 12.1 Å². The summed E-state index contributed by atoms with van der Waals surface area (Å²) < 4.78 is 0. The normalized spacial score (nSPS) is 10.7. The zero-order valence-corrected chi connectivity index (χ0v) is 9.80. The van der Waals surface area contributed by atoms with Crippen molar-refractivity contribution >= 4 is 17.4 Å². The summed E-state index contributed by atoms with van der Waals surface area (Å²) in [6.07, 6.45) is 0. The lowest BCUT2D eigenvalue weighted by atomic mass is 10.1. The number of hydrogen-bond acceptors (Lipinski definition) is 3. The van der Waals surface area contributed by atoms with Gasteiger partial charge in [0.2, 0.25) is 0 Å². The van der Waals surface area contributed by atoms with Crippen LogP contribution in [-0.4, -0.2) is 36.4 Å². The Balaban J connectivity index is 3.04. The molecule has 0 radical (unpaired) electrons. The molecule has 0 saturated heterocycles. The van der Waals surface area contributed by atoms with Crippen molar-refractivity contribution in [2.24, 2.45) is 0 Å². The van der Waals surface area contributed by atoms with Gasteiger partial charge in [0.25, 0.3) is 0 Å². The number of carbonyl (C=O) groups excluding carboxylic acids is 1. The number of hydrogen-bond donors (Lipinski definition) is 1. The molecular weight excluding hydrogens is 214 g/mol. The van der Waals surface area contributed by atoms with Crippen LogP contribution in [-0.2, 0) is 0 Å². The fraction of sp³-hybridized carbons (Fsp3) is 0.364. The molecular formula is C11H14ClNO2. The number of likely N-dealkylation sites (N-methyl/N-ethyl adjacent to an activating group) is 1. The van der Waals surface area contributed by atoms with Crippen LogP contribution >= 0.6 is 11.6 Å². The van der Waals surface area contributed by atoms with Gasteiger partial charge in [0.15, 0.2) is 5.78 Å². The first kappa shape index (κ1) is 12.0. The maximum Gasteiger partial charge on any atom is 0.180 e. The topological polar surface area (TPSA) is 40.5 Å². The summed E-state index contributed by atoms with van der Waals surface area (Å²) in [5.74, 6) is -0.150. The third kappa shape index (κ3) is 2.94. The van der Waals surface area contributed by atoms with Gasteiger partial charge in [-0.2, -0.15) is 0 Å². The number of aryl methyl sites for hydroxylation is 1. The summed E-state index contributed by atoms with van der Waals surface area (Å²) in [7, 11) is 3.59. The molecule has 0 saturated carbocycles. The predicted molar refractivity (Wildman–Crippen MR) is 60.7 cm³/mol. The van der Waals surface area contributed by atoms with Gasteiger partial charge in [-0.05, 0) is 38.7 Å². The first-order valence-electron chi connectivity index (χ1n) is 4.59. The molecule has 1 rings (SSSR count). The molecule has 4 heteroatoms. The Bertz CT molecular complexity index is 388. The number of rotatable bonds is 3. The van der Waals surface area contributed by atoms with Crippen LogP contribution in [0, 0.1) is 6.92 Å². The molecule has 0 aromatic heterocycles. The lowest BCUT2D eigenvalue weighted by molar-refractivity contribution is 0.0955. The summed E-state index contributed by atoms with van der Waals surface area (Å²) in [6, 6.07) is 3.02. The monoisotopic (exact) mass is 227 g/mol. The summed E-state index contributed by atoms with van der Waals surface area (Å²) in [4.78, 5) is 13.4. The third-order valence-corrected chi connectivity index (χ3v) is 2.44. The highest BCUT2D eigenvalue weighted by atomic mass is 35.5. The van der Waals surface area contributed by atoms with E-state index < -0.39 is 0 Å². The van der Waals surface area contributed by atoms with E-state index in [0.717, 1.165) is 5.56 Å². The number of Topliss-reactive ketones (excluding diaryl/α,β-unsaturated/α-hetero) is 1. The summed E-state index contributed by atoms with van der Waals surface area (Å²) >= 11 is 5.89. The highest BCUT2D eigenvalue weighted by Crippen LogP contribution is 2.25. The number of phenolic OH excluding ortho intramolecular Hbond substituents is 1. The molecule has 0 heterocycles. The van der Waals surface area contributed by atoms with Crippen LogP contribution in [0.25, 0.3) is 0 Å². The molecule has 0 aliphatic rings. The zero-order valence-electron chi connectivity index (χ0n) is 9.04. The van der Waals surface area contributed by atoms with Crippen molar-refractivity contribution in [1.29, 1.82) is 0 Å². The molecule has 0 amide bonds. The number of carbonyl (C=O) groups is 1. The van der Waals surface area contributed by atoms with Crippen molar-refractivity contribution in [2.45, 2.75) is 6.92 Å². The minimum Gasteiger partial charge on any atom is -0.507 e. The van der Waals surface area contributed by atoms with E-state index in [1.807, 2.05) is 0 Å². The molecule has 0 aliphatic carbocycles. The molecule has 82 valence electrons. The van der Waals surface area contributed by atoms with Crippen LogP contribution in [0.5, 0.6) is 5.75 Å². The second-order valence-corrected chi connectivity index (χ2v) is 4.19. The zero-order chi connectivity index (χ0) is 11.6. The van der Waals surface area contributed by atoms with Gasteiger partial charge in [-0.3, -0.25) is 4.79 Å². The standard InChI is InChI=1S/C11H14ClNO2/c1-7-4-10(14)8(5-9(7)12)11(15)6-13(2)3/h4-5,14H,6H2,1-3H3. The number of nitrogens with zero attached hydrogens (tertiary/aromatic N) is 1. The van der Waals surface area contributed by atoms with Gasteiger partial charge in [-0.25, -0.2) is 0 Å². The van der Waals surface area contributed by atoms with Crippen LogP contribution in [0.4, 0.5) is 0 Å². The van der Waals surface area contributed by atoms with Crippen molar-refractivity contribution < 1.29 is 9.90 Å². The van der Waals surface area contributed by atoms with E-state index in [2.05, 4.69) is 0 Å². The summed E-state index contributed by atoms with van der Waals surface area (Å²) in [6.45, 7) is 2.04. The first-order valence-corrected chi connectivity index (χ1v) is 4.96. The van der Waals surface area contributed by atoms with Crippen molar-refractivity contribution in [2.75, 3.05) is 20.6 Å². The molecule has 0 aliphatic heterocycles. The summed E-state index contributed by atoms with van der Waals surface area (Å²) in [5, 5.41) is 10.1. The molecule has 1 aromatic rings. The Morgan fingerprint density at radius 1 is 1.47 bits per heavy atom. The second-order valence-electron chi connectivity index (χ2n) is 3.78. The van der Waals surface area contributed by atoms with E-state index >= 15 is 0 Å². The quantitative estimate of drug-likeness (QED) is 0.804. The molecule has 1 N–H and O–H groups in total. The lowest BCUT2D eigenvalue weighted by Crippen LogP contribution is -2.21. The van der Waals surface area contributed by atoms with Gasteiger partial charge in [0.1, 0.15) is 5.75 Å². The fourth-order valence-electron chi connectivity index (χ4n) is 1.26. The SMILES string of the molecule is Cc1cc(O)c(C(=O)CN(C)C)cc1Cl. The Morgan fingerprint density at radius 2 is 2.07 bits per heavy atom. The number of ketones is 1. The van der Waals surface area contributed by atoms with Gasteiger partial charge in [0, 0.05) is 5.02 Å². The first-order chi connectivity index (χ1) is 6.91. The number of benzene rings is 1. The molecule has 3 nitrogen and oxygen atoms in total. The molecule has 15 heavy (non-hydrogen) atoms. The van der Waals surface area contributed by atoms with Crippen molar-refractivity contribution in [3.8, 4) is 5.75 Å². The maximum absolute atomic E-state index is 11.7. The number of phenols is 1. The van der Waals surface area contributed by atoms with Crippen molar-refractivity contribution in [1.82, 2.24) is 4.90 Å². The molecule has 0 spiro atoms. The van der Waals surface area contributed by atoms with E-state index in [1.165, 1.54) is 12.1 Å². The smallest absolute Gasteiger partial charge is 0.180 e. The van der Waals surface area contributed by atoms with Gasteiger partial charge in [-0.15, -0.1) is 0 Å². The molecule has 0 bridgehead atoms. The van der Waals surface area contributed by atoms with Gasteiger partial charge in [0.05, 0.1) is 12.1 Å². The van der Waals surface area contributed by atoms with Gasteiger partial charge >= 0.3 is 0 Å². The minimum absolute atomic E-state index is 0.0104. The van der Waals surface area contributed by atoms with Crippen molar-refractivity contribution in [3.05, 3.63) is 28.3 Å². The van der Waals surface area contributed by atoms with Gasteiger partial charge < -0.3 is 10.0 Å². The summed E-state index contributed by atoms with van der Waals surface area (Å²) in [5.41, 5.74) is 1.04. The van der Waals surface area contributed by atoms with Crippen molar-refractivity contribution in [3.63, 3.8) is 0 Å². The fourth-order valence-corrected chi connectivity index (χ4v) is 1.43. The molecule has 0 fully saturated rings. The van der Waals surface area contributed by atoms with Crippen LogP contribution in [0.2, 0.25) is 5.02 Å². The van der Waals surface area contributed by atoms with E-state index in [1.54, 1.807) is 25.9 Å². The second kappa shape index (κ2) is 4.64. The average molecular weight is 228 g/mol. The van der Waals surface area contributed by atoms with E-state index in [4.69, 9.17) is 11.6 Å². The molecule has 0 unspecified atom stereocenters. The van der Waals surface area contributed by atoms with Crippen LogP contribution in [0.1, 0.15) is 15.9 Å². The Labute approximate surface area is 94.3 Å². The Morgan fingerprint density at radius 3 is 2.60 bits per heavy atom. The Hall–Kier alpha value is -1.06. The highest BCUT2D eigenvalue weighted by Gasteiger charge is 2.13. The molecule has 1 aromatic carbocycles.